The standard InChI is InChI=1S/C18H19FN2O3S/c19-15-8-10-16(11-9-15)25(23,24)21-12-4-7-17(21)18(22)20-13-14-5-2-1-3-6-14/h1-3,5-6,8-11,17H,4,7,12-13H2,(H,20,22)/t17-/m1/s1. The quantitative estimate of drug-likeness (QED) is 0.888. The van der Waals surface area contributed by atoms with Crippen LogP contribution in [0.2, 0.25) is 0 Å². The number of halogens is 1. The third kappa shape index (κ3) is 3.88. The van der Waals surface area contributed by atoms with Gasteiger partial charge in [-0.15, -0.1) is 0 Å². The Kier molecular flexibility index (Phi) is 5.15. The van der Waals surface area contributed by atoms with E-state index in [4.69, 9.17) is 0 Å². The first kappa shape index (κ1) is 17.6. The summed E-state index contributed by atoms with van der Waals surface area (Å²) in [6.07, 6.45) is 1.09. The molecule has 3 rings (SSSR count). The minimum absolute atomic E-state index is 0.00309. The Bertz CT molecular complexity index is 838. The summed E-state index contributed by atoms with van der Waals surface area (Å²) in [4.78, 5) is 12.5. The van der Waals surface area contributed by atoms with Crippen molar-refractivity contribution in [2.24, 2.45) is 0 Å². The molecule has 25 heavy (non-hydrogen) atoms. The minimum Gasteiger partial charge on any atom is -0.351 e. The van der Waals surface area contributed by atoms with Crippen molar-refractivity contribution in [2.45, 2.75) is 30.3 Å². The van der Waals surface area contributed by atoms with Crippen molar-refractivity contribution in [3.63, 3.8) is 0 Å². The summed E-state index contributed by atoms with van der Waals surface area (Å²) in [7, 11) is -3.83. The average molecular weight is 362 g/mol. The van der Waals surface area contributed by atoms with Crippen LogP contribution in [0.3, 0.4) is 0 Å². The van der Waals surface area contributed by atoms with E-state index in [2.05, 4.69) is 5.32 Å². The fourth-order valence-electron chi connectivity index (χ4n) is 2.93. The van der Waals surface area contributed by atoms with Gasteiger partial charge in [0.05, 0.1) is 4.90 Å². The third-order valence-electron chi connectivity index (χ3n) is 4.24. The first-order valence-corrected chi connectivity index (χ1v) is 9.51. The van der Waals surface area contributed by atoms with E-state index in [1.54, 1.807) is 0 Å². The monoisotopic (exact) mass is 362 g/mol. The van der Waals surface area contributed by atoms with Crippen molar-refractivity contribution in [1.82, 2.24) is 9.62 Å². The number of hydrogen-bond donors (Lipinski definition) is 1. The van der Waals surface area contributed by atoms with Crippen LogP contribution in [0.15, 0.2) is 59.5 Å². The number of carbonyl (C=O) groups is 1. The molecule has 0 spiro atoms. The molecule has 5 nitrogen and oxygen atoms in total. The number of amides is 1. The zero-order chi connectivity index (χ0) is 17.9. The third-order valence-corrected chi connectivity index (χ3v) is 6.16. The molecule has 0 radical (unpaired) electrons. The SMILES string of the molecule is O=C(NCc1ccccc1)[C@H]1CCCN1S(=O)(=O)c1ccc(F)cc1. The van der Waals surface area contributed by atoms with Gasteiger partial charge in [0.1, 0.15) is 11.9 Å². The Morgan fingerprint density at radius 1 is 1.12 bits per heavy atom. The highest BCUT2D eigenvalue weighted by Gasteiger charge is 2.39. The largest absolute Gasteiger partial charge is 0.351 e. The highest BCUT2D eigenvalue weighted by molar-refractivity contribution is 7.89. The molecule has 1 saturated heterocycles. The van der Waals surface area contributed by atoms with E-state index in [0.29, 0.717) is 19.4 Å². The summed E-state index contributed by atoms with van der Waals surface area (Å²) < 4.78 is 39.8. The van der Waals surface area contributed by atoms with Crippen LogP contribution in [-0.4, -0.2) is 31.2 Å². The lowest BCUT2D eigenvalue weighted by molar-refractivity contribution is -0.124. The van der Waals surface area contributed by atoms with E-state index in [-0.39, 0.29) is 17.3 Å². The summed E-state index contributed by atoms with van der Waals surface area (Å²) in [6.45, 7) is 0.629. The summed E-state index contributed by atoms with van der Waals surface area (Å²) in [5.41, 5.74) is 0.946. The predicted molar refractivity (Wildman–Crippen MR) is 91.6 cm³/mol. The highest BCUT2D eigenvalue weighted by Crippen LogP contribution is 2.26. The number of hydrogen-bond acceptors (Lipinski definition) is 3. The molecule has 1 heterocycles. The lowest BCUT2D eigenvalue weighted by atomic mass is 10.2. The molecule has 0 unspecified atom stereocenters. The molecule has 2 aromatic rings. The van der Waals surface area contributed by atoms with Gasteiger partial charge in [0.15, 0.2) is 0 Å². The molecule has 2 aromatic carbocycles. The van der Waals surface area contributed by atoms with Crippen molar-refractivity contribution in [1.29, 1.82) is 0 Å². The Labute approximate surface area is 146 Å². The number of carbonyl (C=O) groups excluding carboxylic acids is 1. The summed E-state index contributed by atoms with van der Waals surface area (Å²) in [6, 6.07) is 13.3. The van der Waals surface area contributed by atoms with Gasteiger partial charge < -0.3 is 5.32 Å². The maximum absolute atomic E-state index is 13.0. The molecule has 1 atom stereocenters. The topological polar surface area (TPSA) is 66.5 Å². The molecule has 1 aliphatic rings. The van der Waals surface area contributed by atoms with Crippen LogP contribution in [0.5, 0.6) is 0 Å². The highest BCUT2D eigenvalue weighted by atomic mass is 32.2. The second-order valence-electron chi connectivity index (χ2n) is 5.93. The van der Waals surface area contributed by atoms with Crippen LogP contribution < -0.4 is 5.32 Å². The van der Waals surface area contributed by atoms with Gasteiger partial charge in [0.2, 0.25) is 15.9 Å². The Balaban J connectivity index is 1.73. The molecule has 132 valence electrons. The number of nitrogens with one attached hydrogen (secondary N) is 1. The fraction of sp³-hybridized carbons (Fsp3) is 0.278. The van der Waals surface area contributed by atoms with Crippen molar-refractivity contribution in [3.05, 3.63) is 66.0 Å². The lowest BCUT2D eigenvalue weighted by Crippen LogP contribution is -2.45. The first-order valence-electron chi connectivity index (χ1n) is 8.07. The number of nitrogens with zero attached hydrogens (tertiary/aromatic N) is 1. The second kappa shape index (κ2) is 7.33. The second-order valence-corrected chi connectivity index (χ2v) is 7.82. The molecule has 0 bridgehead atoms. The fourth-order valence-corrected chi connectivity index (χ4v) is 4.59. The number of benzene rings is 2. The van der Waals surface area contributed by atoms with Gasteiger partial charge in [-0.25, -0.2) is 12.8 Å². The van der Waals surface area contributed by atoms with Gasteiger partial charge in [-0.05, 0) is 42.7 Å². The summed E-state index contributed by atoms with van der Waals surface area (Å²) >= 11 is 0. The van der Waals surface area contributed by atoms with Crippen molar-refractivity contribution in [2.75, 3.05) is 6.54 Å². The number of sulfonamides is 1. The Hall–Kier alpha value is -2.25. The van der Waals surface area contributed by atoms with E-state index in [9.17, 15) is 17.6 Å². The maximum atomic E-state index is 13.0. The van der Waals surface area contributed by atoms with Crippen LogP contribution in [0.1, 0.15) is 18.4 Å². The van der Waals surface area contributed by atoms with Crippen LogP contribution in [0, 0.1) is 5.82 Å². The molecule has 1 amide bonds. The molecule has 1 N–H and O–H groups in total. The van der Waals surface area contributed by atoms with Gasteiger partial charge in [-0.2, -0.15) is 4.31 Å². The van der Waals surface area contributed by atoms with Crippen LogP contribution in [0.25, 0.3) is 0 Å². The average Bonchev–Trinajstić information content (AvgIpc) is 3.12. The molecule has 7 heteroatoms. The normalized spacial score (nSPS) is 18.2. The van der Waals surface area contributed by atoms with Gasteiger partial charge in [0, 0.05) is 13.1 Å². The van der Waals surface area contributed by atoms with Gasteiger partial charge >= 0.3 is 0 Å². The Morgan fingerprint density at radius 2 is 1.80 bits per heavy atom. The molecule has 0 aromatic heterocycles. The van der Waals surface area contributed by atoms with Gasteiger partial charge in [-0.1, -0.05) is 30.3 Å². The van der Waals surface area contributed by atoms with E-state index in [0.717, 1.165) is 17.7 Å². The summed E-state index contributed by atoms with van der Waals surface area (Å²) in [5, 5.41) is 2.80. The molecule has 1 fully saturated rings. The van der Waals surface area contributed by atoms with E-state index in [1.807, 2.05) is 30.3 Å². The van der Waals surface area contributed by atoms with Crippen molar-refractivity contribution >= 4 is 15.9 Å². The zero-order valence-electron chi connectivity index (χ0n) is 13.6. The Morgan fingerprint density at radius 3 is 2.48 bits per heavy atom. The van der Waals surface area contributed by atoms with Crippen LogP contribution in [-0.2, 0) is 21.4 Å². The van der Waals surface area contributed by atoms with Gasteiger partial charge in [0.25, 0.3) is 0 Å². The van der Waals surface area contributed by atoms with E-state index in [1.165, 1.54) is 16.4 Å². The summed E-state index contributed by atoms with van der Waals surface area (Å²) in [5.74, 6) is -0.815. The van der Waals surface area contributed by atoms with Crippen LogP contribution in [0.4, 0.5) is 4.39 Å². The molecule has 0 aliphatic carbocycles. The van der Waals surface area contributed by atoms with Crippen LogP contribution >= 0.6 is 0 Å². The van der Waals surface area contributed by atoms with Gasteiger partial charge in [-0.3, -0.25) is 4.79 Å². The molecule has 0 saturated carbocycles. The van der Waals surface area contributed by atoms with Crippen molar-refractivity contribution < 1.29 is 17.6 Å². The minimum atomic E-state index is -3.83. The number of rotatable bonds is 5. The van der Waals surface area contributed by atoms with Crippen molar-refractivity contribution in [3.8, 4) is 0 Å². The van der Waals surface area contributed by atoms with E-state index < -0.39 is 21.9 Å². The zero-order valence-corrected chi connectivity index (χ0v) is 14.4. The molecular weight excluding hydrogens is 343 g/mol. The smallest absolute Gasteiger partial charge is 0.243 e. The molecular formula is C18H19FN2O3S. The maximum Gasteiger partial charge on any atom is 0.243 e. The predicted octanol–water partition coefficient (Wildman–Crippen LogP) is 2.30. The molecule has 1 aliphatic heterocycles. The van der Waals surface area contributed by atoms with E-state index >= 15 is 0 Å². The first-order chi connectivity index (χ1) is 12.0. The lowest BCUT2D eigenvalue weighted by Gasteiger charge is -2.23.